The molecule has 23 heavy (non-hydrogen) atoms. The average molecular weight is 340 g/mol. The number of amides is 2. The van der Waals surface area contributed by atoms with Gasteiger partial charge in [-0.3, -0.25) is 0 Å². The summed E-state index contributed by atoms with van der Waals surface area (Å²) in [4.78, 5) is 12.0. The van der Waals surface area contributed by atoms with E-state index in [1.807, 2.05) is 0 Å². The summed E-state index contributed by atoms with van der Waals surface area (Å²) >= 11 is 0. The van der Waals surface area contributed by atoms with Crippen LogP contribution < -0.4 is 10.0 Å². The molecule has 1 saturated carbocycles. The molecule has 7 heteroatoms. The molecule has 1 aromatic rings. The molecule has 128 valence electrons. The van der Waals surface area contributed by atoms with Crippen molar-refractivity contribution in [3.8, 4) is 0 Å². The molecular weight excluding hydrogens is 316 g/mol. The van der Waals surface area contributed by atoms with Gasteiger partial charge in [-0.1, -0.05) is 44.2 Å². The van der Waals surface area contributed by atoms with Gasteiger partial charge >= 0.3 is 6.03 Å². The lowest BCUT2D eigenvalue weighted by atomic mass is 9.97. The lowest BCUT2D eigenvalue weighted by molar-refractivity contribution is 0.239. The Kier molecular flexibility index (Phi) is 6.41. The van der Waals surface area contributed by atoms with Crippen LogP contribution in [0.3, 0.4) is 0 Å². The van der Waals surface area contributed by atoms with E-state index in [1.165, 1.54) is 30.7 Å². The highest BCUT2D eigenvalue weighted by molar-refractivity contribution is 7.90. The summed E-state index contributed by atoms with van der Waals surface area (Å²) in [5.74, 6) is 0. The highest BCUT2D eigenvalue weighted by Gasteiger charge is 2.20. The number of sulfonamides is 1. The summed E-state index contributed by atoms with van der Waals surface area (Å²) in [7, 11) is -3.90. The van der Waals surface area contributed by atoms with Crippen molar-refractivity contribution >= 4 is 16.1 Å². The van der Waals surface area contributed by atoms with E-state index in [9.17, 15) is 13.2 Å². The molecule has 0 heterocycles. The monoisotopic (exact) mass is 340 g/mol. The van der Waals surface area contributed by atoms with Gasteiger partial charge in [0.15, 0.2) is 0 Å². The number of nitrogens with one attached hydrogen (secondary N) is 2. The first-order valence-corrected chi connectivity index (χ1v) is 9.53. The molecule has 1 aromatic carbocycles. The first-order chi connectivity index (χ1) is 11.0. The van der Waals surface area contributed by atoms with E-state index in [-0.39, 0.29) is 17.5 Å². The van der Waals surface area contributed by atoms with Crippen LogP contribution in [0.2, 0.25) is 0 Å². The minimum Gasteiger partial charge on any atom is -0.392 e. The molecule has 0 saturated heterocycles. The Hall–Kier alpha value is -1.60. The molecule has 0 atom stereocenters. The zero-order chi connectivity index (χ0) is 16.7. The van der Waals surface area contributed by atoms with Gasteiger partial charge in [-0.25, -0.2) is 17.9 Å². The summed E-state index contributed by atoms with van der Waals surface area (Å²) in [6.45, 7) is -0.157. The summed E-state index contributed by atoms with van der Waals surface area (Å²) in [6, 6.07) is 5.13. The van der Waals surface area contributed by atoms with Crippen LogP contribution in [0.15, 0.2) is 29.2 Å². The zero-order valence-electron chi connectivity index (χ0n) is 13.1. The van der Waals surface area contributed by atoms with Crippen molar-refractivity contribution < 1.29 is 18.3 Å². The molecule has 1 aliphatic rings. The maximum atomic E-state index is 12.2. The number of benzene rings is 1. The fourth-order valence-corrected chi connectivity index (χ4v) is 3.69. The number of hydrogen-bond acceptors (Lipinski definition) is 4. The van der Waals surface area contributed by atoms with Crippen molar-refractivity contribution in [3.05, 3.63) is 29.8 Å². The van der Waals surface area contributed by atoms with E-state index in [4.69, 9.17) is 5.11 Å². The van der Waals surface area contributed by atoms with Crippen LogP contribution >= 0.6 is 0 Å². The smallest absolute Gasteiger partial charge is 0.328 e. The molecule has 2 rings (SSSR count). The minimum absolute atomic E-state index is 0.00233. The summed E-state index contributed by atoms with van der Waals surface area (Å²) < 4.78 is 26.4. The first kappa shape index (κ1) is 17.7. The van der Waals surface area contributed by atoms with Crippen LogP contribution in [0, 0.1) is 0 Å². The predicted molar refractivity (Wildman–Crippen MR) is 87.3 cm³/mol. The van der Waals surface area contributed by atoms with E-state index < -0.39 is 16.1 Å². The SMILES string of the molecule is O=C(NC1CCCCCCC1)NS(=O)(=O)c1ccc(CO)cc1. The van der Waals surface area contributed by atoms with Crippen LogP contribution in [-0.4, -0.2) is 25.6 Å². The number of rotatable bonds is 4. The summed E-state index contributed by atoms with van der Waals surface area (Å²) in [6.07, 6.45) is 7.44. The molecule has 0 spiro atoms. The Morgan fingerprint density at radius 1 is 1.04 bits per heavy atom. The Bertz CT molecular complexity index is 605. The number of carbonyl (C=O) groups is 1. The van der Waals surface area contributed by atoms with Gasteiger partial charge in [-0.05, 0) is 30.5 Å². The van der Waals surface area contributed by atoms with Gasteiger partial charge in [0, 0.05) is 6.04 Å². The van der Waals surface area contributed by atoms with Gasteiger partial charge < -0.3 is 10.4 Å². The van der Waals surface area contributed by atoms with E-state index in [0.29, 0.717) is 5.56 Å². The molecule has 0 bridgehead atoms. The van der Waals surface area contributed by atoms with E-state index >= 15 is 0 Å². The van der Waals surface area contributed by atoms with Crippen molar-refractivity contribution in [1.82, 2.24) is 10.0 Å². The third-order valence-corrected chi connectivity index (χ3v) is 5.43. The van der Waals surface area contributed by atoms with E-state index in [0.717, 1.165) is 38.5 Å². The quantitative estimate of drug-likeness (QED) is 0.783. The van der Waals surface area contributed by atoms with Crippen molar-refractivity contribution in [2.45, 2.75) is 62.5 Å². The fourth-order valence-electron chi connectivity index (χ4n) is 2.77. The maximum Gasteiger partial charge on any atom is 0.328 e. The van der Waals surface area contributed by atoms with Crippen molar-refractivity contribution in [1.29, 1.82) is 0 Å². The topological polar surface area (TPSA) is 95.5 Å². The second kappa shape index (κ2) is 8.31. The number of aliphatic hydroxyl groups excluding tert-OH is 1. The molecule has 6 nitrogen and oxygen atoms in total. The van der Waals surface area contributed by atoms with Gasteiger partial charge in [-0.2, -0.15) is 0 Å². The Labute approximate surface area is 137 Å². The van der Waals surface area contributed by atoms with Crippen molar-refractivity contribution in [2.75, 3.05) is 0 Å². The molecule has 1 aliphatic carbocycles. The Balaban J connectivity index is 1.94. The zero-order valence-corrected chi connectivity index (χ0v) is 13.9. The minimum atomic E-state index is -3.90. The van der Waals surface area contributed by atoms with Crippen LogP contribution in [0.1, 0.15) is 50.5 Å². The third kappa shape index (κ3) is 5.51. The molecule has 1 fully saturated rings. The van der Waals surface area contributed by atoms with Gasteiger partial charge in [-0.15, -0.1) is 0 Å². The van der Waals surface area contributed by atoms with Crippen molar-refractivity contribution in [3.63, 3.8) is 0 Å². The van der Waals surface area contributed by atoms with Gasteiger partial charge in [0.25, 0.3) is 10.0 Å². The summed E-state index contributed by atoms with van der Waals surface area (Å²) in [5.41, 5.74) is 0.614. The normalized spacial score (nSPS) is 17.1. The molecule has 0 aromatic heterocycles. The molecule has 3 N–H and O–H groups in total. The van der Waals surface area contributed by atoms with Crippen LogP contribution in [0.5, 0.6) is 0 Å². The maximum absolute atomic E-state index is 12.2. The van der Waals surface area contributed by atoms with E-state index in [2.05, 4.69) is 10.0 Å². The highest BCUT2D eigenvalue weighted by Crippen LogP contribution is 2.17. The highest BCUT2D eigenvalue weighted by atomic mass is 32.2. The number of carbonyl (C=O) groups excluding carboxylic acids is 1. The summed E-state index contributed by atoms with van der Waals surface area (Å²) in [5, 5.41) is 11.7. The third-order valence-electron chi connectivity index (χ3n) is 4.08. The van der Waals surface area contributed by atoms with Gasteiger partial charge in [0.05, 0.1) is 11.5 Å². The Morgan fingerprint density at radius 3 is 2.17 bits per heavy atom. The van der Waals surface area contributed by atoms with Gasteiger partial charge in [0.2, 0.25) is 0 Å². The number of urea groups is 1. The second-order valence-electron chi connectivity index (χ2n) is 5.92. The van der Waals surface area contributed by atoms with Gasteiger partial charge in [0.1, 0.15) is 0 Å². The first-order valence-electron chi connectivity index (χ1n) is 8.04. The standard InChI is InChI=1S/C16H24N2O4S/c19-12-13-8-10-15(11-9-13)23(21,22)18-16(20)17-14-6-4-2-1-3-5-7-14/h8-11,14,19H,1-7,12H2,(H2,17,18,20). The Morgan fingerprint density at radius 2 is 1.61 bits per heavy atom. The molecule has 0 radical (unpaired) electrons. The van der Waals surface area contributed by atoms with Crippen LogP contribution in [0.4, 0.5) is 4.79 Å². The van der Waals surface area contributed by atoms with Crippen LogP contribution in [0.25, 0.3) is 0 Å². The van der Waals surface area contributed by atoms with Crippen molar-refractivity contribution in [2.24, 2.45) is 0 Å². The van der Waals surface area contributed by atoms with E-state index in [1.54, 1.807) is 0 Å². The molecule has 0 aliphatic heterocycles. The lowest BCUT2D eigenvalue weighted by Gasteiger charge is -2.21. The predicted octanol–water partition coefficient (Wildman–Crippen LogP) is 2.28. The number of hydrogen-bond donors (Lipinski definition) is 3. The lowest BCUT2D eigenvalue weighted by Crippen LogP contribution is -2.44. The molecular formula is C16H24N2O4S. The molecule has 2 amide bonds. The largest absolute Gasteiger partial charge is 0.392 e. The molecule has 0 unspecified atom stereocenters. The fraction of sp³-hybridized carbons (Fsp3) is 0.562. The van der Waals surface area contributed by atoms with Crippen LogP contribution in [-0.2, 0) is 16.6 Å². The second-order valence-corrected chi connectivity index (χ2v) is 7.61. The average Bonchev–Trinajstić information content (AvgIpc) is 2.49. The number of aliphatic hydroxyl groups is 1.